The van der Waals surface area contributed by atoms with Crippen LogP contribution in [0, 0.1) is 0 Å². The maximum atomic E-state index is 5.47. The van der Waals surface area contributed by atoms with Crippen LogP contribution < -0.4 is 5.32 Å². The van der Waals surface area contributed by atoms with Gasteiger partial charge in [-0.25, -0.2) is 0 Å². The van der Waals surface area contributed by atoms with Gasteiger partial charge in [-0.3, -0.25) is 4.90 Å². The molecule has 1 aliphatic heterocycles. The maximum absolute atomic E-state index is 5.47. The minimum absolute atomic E-state index is 0.513. The van der Waals surface area contributed by atoms with Gasteiger partial charge in [0.15, 0.2) is 0 Å². The Morgan fingerprint density at radius 1 is 1.65 bits per heavy atom. The summed E-state index contributed by atoms with van der Waals surface area (Å²) in [5, 5.41) is 5.65. The van der Waals surface area contributed by atoms with Gasteiger partial charge in [-0.15, -0.1) is 11.3 Å². The second kappa shape index (κ2) is 6.50. The van der Waals surface area contributed by atoms with E-state index in [1.165, 1.54) is 4.88 Å². The fraction of sp³-hybridized carbons (Fsp3) is 0.692. The molecular weight excluding hydrogens is 232 g/mol. The molecule has 1 aliphatic rings. The fourth-order valence-corrected chi connectivity index (χ4v) is 2.95. The average Bonchev–Trinajstić information content (AvgIpc) is 2.90. The Hall–Kier alpha value is -0.420. The Morgan fingerprint density at radius 3 is 3.18 bits per heavy atom. The lowest BCUT2D eigenvalue weighted by Crippen LogP contribution is -2.43. The number of hydrogen-bond acceptors (Lipinski definition) is 4. The molecule has 17 heavy (non-hydrogen) atoms. The molecule has 0 aliphatic carbocycles. The van der Waals surface area contributed by atoms with Gasteiger partial charge in [0, 0.05) is 30.1 Å². The van der Waals surface area contributed by atoms with E-state index in [9.17, 15) is 0 Å². The molecule has 2 heterocycles. The Morgan fingerprint density at radius 2 is 2.53 bits per heavy atom. The number of nitrogens with zero attached hydrogens (tertiary/aromatic N) is 1. The van der Waals surface area contributed by atoms with Crippen molar-refractivity contribution in [3.8, 4) is 0 Å². The average molecular weight is 254 g/mol. The van der Waals surface area contributed by atoms with E-state index in [4.69, 9.17) is 4.74 Å². The van der Waals surface area contributed by atoms with Gasteiger partial charge < -0.3 is 10.1 Å². The molecule has 2 rings (SSSR count). The molecular formula is C13H22N2OS. The standard InChI is InChI=1S/C13H22N2OS/c1-11(13-4-3-9-17-13)15(2)7-5-12-10-16-8-6-14-12/h3-4,9,11-12,14H,5-8,10H2,1-2H3. The van der Waals surface area contributed by atoms with Crippen molar-refractivity contribution >= 4 is 11.3 Å². The second-order valence-corrected chi connectivity index (χ2v) is 5.67. The van der Waals surface area contributed by atoms with Crippen molar-refractivity contribution in [3.63, 3.8) is 0 Å². The van der Waals surface area contributed by atoms with Crippen LogP contribution in [0.15, 0.2) is 17.5 Å². The fourth-order valence-electron chi connectivity index (χ4n) is 2.10. The van der Waals surface area contributed by atoms with E-state index < -0.39 is 0 Å². The van der Waals surface area contributed by atoms with Crippen LogP contribution in [0.25, 0.3) is 0 Å². The summed E-state index contributed by atoms with van der Waals surface area (Å²) >= 11 is 1.84. The molecule has 2 unspecified atom stereocenters. The highest BCUT2D eigenvalue weighted by Crippen LogP contribution is 2.23. The summed E-state index contributed by atoms with van der Waals surface area (Å²) in [5.41, 5.74) is 0. The predicted octanol–water partition coefficient (Wildman–Crippen LogP) is 2.12. The maximum Gasteiger partial charge on any atom is 0.0620 e. The van der Waals surface area contributed by atoms with E-state index in [2.05, 4.69) is 41.7 Å². The highest BCUT2D eigenvalue weighted by Gasteiger charge is 2.16. The third-order valence-corrected chi connectivity index (χ3v) is 4.49. The first-order valence-electron chi connectivity index (χ1n) is 6.32. The molecule has 1 aromatic heterocycles. The van der Waals surface area contributed by atoms with Crippen LogP contribution in [0.3, 0.4) is 0 Å². The Labute approximate surface area is 108 Å². The quantitative estimate of drug-likeness (QED) is 0.871. The van der Waals surface area contributed by atoms with Crippen LogP contribution in [0.5, 0.6) is 0 Å². The van der Waals surface area contributed by atoms with E-state index in [-0.39, 0.29) is 0 Å². The van der Waals surface area contributed by atoms with Crippen LogP contribution in [0.1, 0.15) is 24.3 Å². The van der Waals surface area contributed by atoms with Crippen molar-refractivity contribution in [2.45, 2.75) is 25.4 Å². The minimum Gasteiger partial charge on any atom is -0.379 e. The van der Waals surface area contributed by atoms with Crippen molar-refractivity contribution in [2.24, 2.45) is 0 Å². The summed E-state index contributed by atoms with van der Waals surface area (Å²) in [6.07, 6.45) is 1.16. The van der Waals surface area contributed by atoms with Crippen molar-refractivity contribution < 1.29 is 4.74 Å². The monoisotopic (exact) mass is 254 g/mol. The van der Waals surface area contributed by atoms with Crippen molar-refractivity contribution in [1.82, 2.24) is 10.2 Å². The zero-order chi connectivity index (χ0) is 12.1. The minimum atomic E-state index is 0.513. The first-order valence-corrected chi connectivity index (χ1v) is 7.20. The molecule has 0 aromatic carbocycles. The van der Waals surface area contributed by atoms with Crippen LogP contribution in [-0.2, 0) is 4.74 Å². The zero-order valence-electron chi connectivity index (χ0n) is 10.7. The lowest BCUT2D eigenvalue weighted by Gasteiger charge is -2.28. The number of morpholine rings is 1. The van der Waals surface area contributed by atoms with Gasteiger partial charge in [0.25, 0.3) is 0 Å². The summed E-state index contributed by atoms with van der Waals surface area (Å²) in [7, 11) is 2.20. The topological polar surface area (TPSA) is 24.5 Å². The predicted molar refractivity (Wildman–Crippen MR) is 72.6 cm³/mol. The molecule has 1 N–H and O–H groups in total. The van der Waals surface area contributed by atoms with E-state index >= 15 is 0 Å². The van der Waals surface area contributed by atoms with E-state index in [0.29, 0.717) is 12.1 Å². The normalized spacial score (nSPS) is 22.9. The molecule has 0 spiro atoms. The lowest BCUT2D eigenvalue weighted by atomic mass is 10.1. The molecule has 0 amide bonds. The highest BCUT2D eigenvalue weighted by molar-refractivity contribution is 7.10. The van der Waals surface area contributed by atoms with E-state index in [0.717, 1.165) is 32.7 Å². The van der Waals surface area contributed by atoms with Gasteiger partial charge in [-0.2, -0.15) is 0 Å². The van der Waals surface area contributed by atoms with Gasteiger partial charge in [-0.05, 0) is 31.8 Å². The second-order valence-electron chi connectivity index (χ2n) is 4.69. The molecule has 0 bridgehead atoms. The zero-order valence-corrected chi connectivity index (χ0v) is 11.5. The third-order valence-electron chi connectivity index (χ3n) is 3.44. The van der Waals surface area contributed by atoms with Gasteiger partial charge in [-0.1, -0.05) is 6.07 Å². The summed E-state index contributed by atoms with van der Waals surface area (Å²) in [4.78, 5) is 3.86. The number of thiophene rings is 1. The van der Waals surface area contributed by atoms with Gasteiger partial charge in [0.2, 0.25) is 0 Å². The SMILES string of the molecule is CC(c1cccs1)N(C)CCC1COCCN1. The largest absolute Gasteiger partial charge is 0.379 e. The summed E-state index contributed by atoms with van der Waals surface area (Å²) in [5.74, 6) is 0. The molecule has 96 valence electrons. The van der Waals surface area contributed by atoms with Crippen molar-refractivity contribution in [3.05, 3.63) is 22.4 Å². The summed E-state index contributed by atoms with van der Waals surface area (Å²) in [6.45, 7) is 6.10. The first-order chi connectivity index (χ1) is 8.27. The van der Waals surface area contributed by atoms with E-state index in [1.54, 1.807) is 0 Å². The Kier molecular flexibility index (Phi) is 4.98. The Bertz CT molecular complexity index is 309. The van der Waals surface area contributed by atoms with Gasteiger partial charge in [0.1, 0.15) is 0 Å². The molecule has 1 fully saturated rings. The molecule has 0 radical (unpaired) electrons. The smallest absolute Gasteiger partial charge is 0.0620 e. The number of hydrogen-bond donors (Lipinski definition) is 1. The summed E-state index contributed by atoms with van der Waals surface area (Å²) < 4.78 is 5.47. The molecule has 1 saturated heterocycles. The van der Waals surface area contributed by atoms with Crippen LogP contribution in [0.2, 0.25) is 0 Å². The third kappa shape index (κ3) is 3.78. The van der Waals surface area contributed by atoms with Crippen LogP contribution in [0.4, 0.5) is 0 Å². The molecule has 4 heteroatoms. The van der Waals surface area contributed by atoms with Crippen LogP contribution >= 0.6 is 11.3 Å². The molecule has 0 saturated carbocycles. The highest BCUT2D eigenvalue weighted by atomic mass is 32.1. The molecule has 1 aromatic rings. The first kappa shape index (κ1) is 13.0. The van der Waals surface area contributed by atoms with Crippen molar-refractivity contribution in [2.75, 3.05) is 33.4 Å². The van der Waals surface area contributed by atoms with E-state index in [1.807, 2.05) is 11.3 Å². The Balaban J connectivity index is 1.74. The van der Waals surface area contributed by atoms with Crippen LogP contribution in [-0.4, -0.2) is 44.3 Å². The lowest BCUT2D eigenvalue weighted by molar-refractivity contribution is 0.0696. The van der Waals surface area contributed by atoms with Crippen molar-refractivity contribution in [1.29, 1.82) is 0 Å². The number of rotatable bonds is 5. The number of nitrogens with one attached hydrogen (secondary N) is 1. The molecule has 2 atom stereocenters. The number of ether oxygens (including phenoxy) is 1. The van der Waals surface area contributed by atoms with Gasteiger partial charge >= 0.3 is 0 Å². The summed E-state index contributed by atoms with van der Waals surface area (Å²) in [6, 6.07) is 5.38. The molecule has 3 nitrogen and oxygen atoms in total. The van der Waals surface area contributed by atoms with Gasteiger partial charge in [0.05, 0.1) is 13.2 Å².